The molecule has 3 heterocycles. The number of likely N-dealkylation sites (tertiary alicyclic amines) is 1. The molecule has 206 valence electrons. The van der Waals surface area contributed by atoms with Crippen LogP contribution in [0.3, 0.4) is 0 Å². The number of ether oxygens (including phenoxy) is 4. The monoisotopic (exact) mass is 530 g/mol. The zero-order valence-corrected chi connectivity index (χ0v) is 22.3. The zero-order valence-electron chi connectivity index (χ0n) is 22.3. The summed E-state index contributed by atoms with van der Waals surface area (Å²) in [5, 5.41) is 9.50. The van der Waals surface area contributed by atoms with E-state index in [1.807, 2.05) is 24.3 Å². The predicted octanol–water partition coefficient (Wildman–Crippen LogP) is 4.69. The summed E-state index contributed by atoms with van der Waals surface area (Å²) in [5.74, 6) is -0.381. The molecule has 0 aliphatic carbocycles. The highest BCUT2D eigenvalue weighted by molar-refractivity contribution is 5.65. The summed E-state index contributed by atoms with van der Waals surface area (Å²) in [6.07, 6.45) is 1.95. The minimum absolute atomic E-state index is 0.00922. The highest BCUT2D eigenvalue weighted by atomic mass is 16.7. The van der Waals surface area contributed by atoms with Crippen molar-refractivity contribution in [2.45, 2.75) is 56.7 Å². The molecule has 3 aromatic carbocycles. The largest absolute Gasteiger partial charge is 0.392 e. The first-order chi connectivity index (χ1) is 19.1. The van der Waals surface area contributed by atoms with Crippen LogP contribution in [0.25, 0.3) is 11.1 Å². The molecule has 3 aromatic rings. The number of piperidine rings is 1. The molecule has 1 spiro atoms. The third kappa shape index (κ3) is 6.10. The van der Waals surface area contributed by atoms with Crippen LogP contribution in [-0.4, -0.2) is 54.7 Å². The molecule has 3 atom stereocenters. The van der Waals surface area contributed by atoms with Crippen molar-refractivity contribution >= 4 is 0 Å². The zero-order chi connectivity index (χ0) is 26.7. The predicted molar refractivity (Wildman–Crippen MR) is 149 cm³/mol. The van der Waals surface area contributed by atoms with E-state index in [1.54, 1.807) is 0 Å². The second-order valence-electron chi connectivity index (χ2n) is 10.8. The maximum atomic E-state index is 9.50. The van der Waals surface area contributed by atoms with Crippen LogP contribution in [0.15, 0.2) is 72.8 Å². The van der Waals surface area contributed by atoms with Gasteiger partial charge in [0.25, 0.3) is 0 Å². The molecule has 7 nitrogen and oxygen atoms in total. The van der Waals surface area contributed by atoms with Gasteiger partial charge in [-0.25, -0.2) is 0 Å². The fourth-order valence-electron chi connectivity index (χ4n) is 5.93. The molecule has 6 rings (SSSR count). The van der Waals surface area contributed by atoms with Gasteiger partial charge in [0.05, 0.1) is 32.0 Å². The van der Waals surface area contributed by atoms with Crippen LogP contribution in [0.4, 0.5) is 0 Å². The van der Waals surface area contributed by atoms with Gasteiger partial charge in [-0.05, 0) is 39.9 Å². The van der Waals surface area contributed by atoms with E-state index < -0.39 is 6.29 Å². The van der Waals surface area contributed by atoms with Crippen molar-refractivity contribution in [3.8, 4) is 11.1 Å². The number of aliphatic hydroxyl groups excluding tert-OH is 1. The summed E-state index contributed by atoms with van der Waals surface area (Å²) >= 11 is 0. The van der Waals surface area contributed by atoms with Crippen LogP contribution < -0.4 is 5.73 Å². The molecule has 0 bridgehead atoms. The topological polar surface area (TPSA) is 86.4 Å². The minimum atomic E-state index is -0.485. The fourth-order valence-corrected chi connectivity index (χ4v) is 5.93. The summed E-state index contributed by atoms with van der Waals surface area (Å²) in [6, 6.07) is 24.8. The maximum absolute atomic E-state index is 9.50. The molecule has 39 heavy (non-hydrogen) atoms. The van der Waals surface area contributed by atoms with Crippen molar-refractivity contribution < 1.29 is 24.1 Å². The van der Waals surface area contributed by atoms with Gasteiger partial charge in [0.15, 0.2) is 12.1 Å². The van der Waals surface area contributed by atoms with Gasteiger partial charge < -0.3 is 34.7 Å². The van der Waals surface area contributed by atoms with Crippen LogP contribution in [0.1, 0.15) is 53.9 Å². The van der Waals surface area contributed by atoms with Gasteiger partial charge in [0.2, 0.25) is 0 Å². The van der Waals surface area contributed by atoms with E-state index in [0.29, 0.717) is 19.8 Å². The van der Waals surface area contributed by atoms with Crippen molar-refractivity contribution in [2.24, 2.45) is 5.73 Å². The Morgan fingerprint density at radius 1 is 0.821 bits per heavy atom. The van der Waals surface area contributed by atoms with Gasteiger partial charge in [0, 0.05) is 51.0 Å². The van der Waals surface area contributed by atoms with E-state index >= 15 is 0 Å². The highest BCUT2D eigenvalue weighted by Gasteiger charge is 2.41. The van der Waals surface area contributed by atoms with E-state index in [-0.39, 0.29) is 24.6 Å². The Kier molecular flexibility index (Phi) is 8.09. The molecular formula is C32H38N2O5. The molecular weight excluding hydrogens is 492 g/mol. The van der Waals surface area contributed by atoms with E-state index in [1.165, 1.54) is 0 Å². The molecule has 0 amide bonds. The molecule has 3 fully saturated rings. The number of nitrogens with zero attached hydrogens (tertiary/aromatic N) is 1. The molecule has 0 aromatic heterocycles. The molecule has 0 radical (unpaired) electrons. The van der Waals surface area contributed by atoms with E-state index in [0.717, 1.165) is 72.3 Å². The molecule has 7 heteroatoms. The van der Waals surface area contributed by atoms with Gasteiger partial charge in [-0.15, -0.1) is 0 Å². The van der Waals surface area contributed by atoms with Crippen LogP contribution in [0, 0.1) is 0 Å². The van der Waals surface area contributed by atoms with Crippen molar-refractivity contribution in [3.05, 3.63) is 95.1 Å². The normalized spacial score (nSPS) is 25.2. The first-order valence-electron chi connectivity index (χ1n) is 14.0. The SMILES string of the molecule is NCc1cccc(-c2cccc([C@@H]3O[C@H](CN4CCC5(CC4)OCCO5)C[C@H](c4ccc(CO)cc4)O3)c2)c1. The Morgan fingerprint density at radius 3 is 2.26 bits per heavy atom. The Morgan fingerprint density at radius 2 is 1.54 bits per heavy atom. The Hall–Kier alpha value is -2.62. The summed E-state index contributed by atoms with van der Waals surface area (Å²) in [4.78, 5) is 2.46. The quantitative estimate of drug-likeness (QED) is 0.458. The molecule has 0 saturated carbocycles. The number of hydrogen-bond donors (Lipinski definition) is 2. The standard InChI is InChI=1S/C32H38N2O5/c33-20-24-3-1-4-26(17-24)27-5-2-6-28(18-27)31-38-29(19-30(39-31)25-9-7-23(22-35)8-10-25)21-34-13-11-32(12-14-34)36-15-16-37-32/h1-10,17-18,29-31,35H,11-16,19-22,33H2/t29-,30+,31+/m0/s1. The van der Waals surface area contributed by atoms with Crippen LogP contribution in [0.2, 0.25) is 0 Å². The molecule has 3 N–H and O–H groups in total. The summed E-state index contributed by atoms with van der Waals surface area (Å²) in [5.41, 5.74) is 12.2. The van der Waals surface area contributed by atoms with Gasteiger partial charge in [-0.1, -0.05) is 60.7 Å². The van der Waals surface area contributed by atoms with Crippen LogP contribution in [0.5, 0.6) is 0 Å². The summed E-state index contributed by atoms with van der Waals surface area (Å²) in [6.45, 7) is 4.61. The lowest BCUT2D eigenvalue weighted by molar-refractivity contribution is -0.255. The van der Waals surface area contributed by atoms with Crippen molar-refractivity contribution in [1.82, 2.24) is 4.90 Å². The Bertz CT molecular complexity index is 1230. The van der Waals surface area contributed by atoms with Crippen LogP contribution >= 0.6 is 0 Å². The third-order valence-electron chi connectivity index (χ3n) is 8.16. The lowest BCUT2D eigenvalue weighted by Gasteiger charge is -2.41. The smallest absolute Gasteiger partial charge is 0.184 e. The summed E-state index contributed by atoms with van der Waals surface area (Å²) < 4.78 is 25.1. The molecule has 3 aliphatic rings. The third-order valence-corrected chi connectivity index (χ3v) is 8.16. The van der Waals surface area contributed by atoms with Crippen LogP contribution in [-0.2, 0) is 32.1 Å². The van der Waals surface area contributed by atoms with E-state index in [9.17, 15) is 5.11 Å². The number of rotatable bonds is 7. The van der Waals surface area contributed by atoms with Crippen molar-refractivity contribution in [3.63, 3.8) is 0 Å². The average molecular weight is 531 g/mol. The number of hydrogen-bond acceptors (Lipinski definition) is 7. The molecule has 3 saturated heterocycles. The van der Waals surface area contributed by atoms with Gasteiger partial charge in [-0.3, -0.25) is 0 Å². The number of aliphatic hydroxyl groups is 1. The lowest BCUT2D eigenvalue weighted by Crippen LogP contribution is -2.48. The Labute approximate surface area is 230 Å². The second-order valence-corrected chi connectivity index (χ2v) is 10.8. The average Bonchev–Trinajstić information content (AvgIpc) is 3.46. The van der Waals surface area contributed by atoms with Gasteiger partial charge in [0.1, 0.15) is 0 Å². The maximum Gasteiger partial charge on any atom is 0.184 e. The first-order valence-corrected chi connectivity index (χ1v) is 14.0. The lowest BCUT2D eigenvalue weighted by atomic mass is 9.97. The number of nitrogens with two attached hydrogens (primary N) is 1. The molecule has 0 unspecified atom stereocenters. The Balaban J connectivity index is 1.22. The van der Waals surface area contributed by atoms with Crippen molar-refractivity contribution in [1.29, 1.82) is 0 Å². The van der Waals surface area contributed by atoms with E-state index in [2.05, 4.69) is 53.4 Å². The highest BCUT2D eigenvalue weighted by Crippen LogP contribution is 2.40. The van der Waals surface area contributed by atoms with E-state index in [4.69, 9.17) is 24.7 Å². The van der Waals surface area contributed by atoms with Gasteiger partial charge in [-0.2, -0.15) is 0 Å². The second kappa shape index (κ2) is 11.9. The number of benzene rings is 3. The van der Waals surface area contributed by atoms with Crippen molar-refractivity contribution in [2.75, 3.05) is 32.8 Å². The summed E-state index contributed by atoms with van der Waals surface area (Å²) in [7, 11) is 0. The first kappa shape index (κ1) is 26.6. The fraction of sp³-hybridized carbons (Fsp3) is 0.438. The molecule has 3 aliphatic heterocycles. The van der Waals surface area contributed by atoms with Gasteiger partial charge >= 0.3 is 0 Å². The minimum Gasteiger partial charge on any atom is -0.392 e.